The standard InChI is InChI=1S/C32H42N4O2S3/c1-7-31(3,4)19-9-11-21-23(15-33)29(40-25(21)13-19)35-27(37)17-39-18-28(38)36-30-24(16-34)22-12-10-20(14-26(22)41-30)32(5,6)8-2/h19-20H,7-14,17-18H2,1-6H3,(H,35,37)(H,36,38)/t19-,20-/m1/s1. The highest BCUT2D eigenvalue weighted by atomic mass is 32.2. The number of hydrogen-bond donors (Lipinski definition) is 2. The molecule has 2 amide bonds. The molecule has 0 saturated carbocycles. The van der Waals surface area contributed by atoms with Gasteiger partial charge in [-0.3, -0.25) is 9.59 Å². The number of nitrogens with zero attached hydrogens (tertiary/aromatic N) is 2. The van der Waals surface area contributed by atoms with Gasteiger partial charge in [0.25, 0.3) is 0 Å². The van der Waals surface area contributed by atoms with E-state index in [-0.39, 0.29) is 34.2 Å². The first-order chi connectivity index (χ1) is 19.4. The zero-order valence-electron chi connectivity index (χ0n) is 25.2. The van der Waals surface area contributed by atoms with Crippen LogP contribution in [0, 0.1) is 45.3 Å². The zero-order valence-corrected chi connectivity index (χ0v) is 27.6. The highest BCUT2D eigenvalue weighted by molar-refractivity contribution is 8.00. The maximum absolute atomic E-state index is 12.8. The molecule has 2 N–H and O–H groups in total. The molecule has 0 unspecified atom stereocenters. The fourth-order valence-electron chi connectivity index (χ4n) is 6.06. The van der Waals surface area contributed by atoms with E-state index in [4.69, 9.17) is 0 Å². The average Bonchev–Trinajstić information content (AvgIpc) is 3.47. The fraction of sp³-hybridized carbons (Fsp3) is 0.625. The Kier molecular flexibility index (Phi) is 9.94. The smallest absolute Gasteiger partial charge is 0.235 e. The molecule has 2 atom stereocenters. The van der Waals surface area contributed by atoms with Crippen LogP contribution in [-0.4, -0.2) is 23.3 Å². The summed E-state index contributed by atoms with van der Waals surface area (Å²) in [5.41, 5.74) is 3.90. The quantitative estimate of drug-likeness (QED) is 0.284. The summed E-state index contributed by atoms with van der Waals surface area (Å²) >= 11 is 4.31. The van der Waals surface area contributed by atoms with Crippen LogP contribution in [0.3, 0.4) is 0 Å². The van der Waals surface area contributed by atoms with Crippen molar-refractivity contribution in [2.24, 2.45) is 22.7 Å². The summed E-state index contributed by atoms with van der Waals surface area (Å²) < 4.78 is 0. The zero-order chi connectivity index (χ0) is 29.9. The number of nitriles is 2. The van der Waals surface area contributed by atoms with Crippen molar-refractivity contribution in [1.29, 1.82) is 10.5 Å². The van der Waals surface area contributed by atoms with Crippen molar-refractivity contribution in [2.45, 2.75) is 92.9 Å². The van der Waals surface area contributed by atoms with E-state index < -0.39 is 0 Å². The van der Waals surface area contributed by atoms with E-state index in [0.29, 0.717) is 33.0 Å². The molecule has 6 nitrogen and oxygen atoms in total. The third-order valence-electron chi connectivity index (χ3n) is 9.76. The van der Waals surface area contributed by atoms with Crippen LogP contribution in [0.25, 0.3) is 0 Å². The molecular formula is C32H42N4O2S3. The Hall–Kier alpha value is -2.33. The van der Waals surface area contributed by atoms with Gasteiger partial charge >= 0.3 is 0 Å². The van der Waals surface area contributed by atoms with Gasteiger partial charge in [0.05, 0.1) is 22.6 Å². The number of rotatable bonds is 10. The van der Waals surface area contributed by atoms with Crippen molar-refractivity contribution in [3.8, 4) is 12.1 Å². The van der Waals surface area contributed by atoms with Crippen molar-refractivity contribution in [3.63, 3.8) is 0 Å². The summed E-state index contributed by atoms with van der Waals surface area (Å²) in [6.07, 6.45) is 8.02. The van der Waals surface area contributed by atoms with Gasteiger partial charge in [0.2, 0.25) is 11.8 Å². The molecule has 0 fully saturated rings. The van der Waals surface area contributed by atoms with Crippen molar-refractivity contribution >= 4 is 56.3 Å². The highest BCUT2D eigenvalue weighted by Gasteiger charge is 2.35. The number of thioether (sulfide) groups is 1. The van der Waals surface area contributed by atoms with Gasteiger partial charge in [-0.05, 0) is 72.3 Å². The second-order valence-corrected chi connectivity index (χ2v) is 16.0. The lowest BCUT2D eigenvalue weighted by Gasteiger charge is -2.36. The normalized spacial score (nSPS) is 18.5. The second-order valence-electron chi connectivity index (χ2n) is 12.8. The Labute approximate surface area is 257 Å². The van der Waals surface area contributed by atoms with Crippen molar-refractivity contribution < 1.29 is 9.59 Å². The second kappa shape index (κ2) is 12.9. The van der Waals surface area contributed by atoms with Crippen LogP contribution in [0.4, 0.5) is 10.0 Å². The van der Waals surface area contributed by atoms with E-state index in [0.717, 1.165) is 62.5 Å². The molecule has 41 heavy (non-hydrogen) atoms. The number of carbonyl (C=O) groups excluding carboxylic acids is 2. The average molecular weight is 611 g/mol. The molecule has 0 radical (unpaired) electrons. The Morgan fingerprint density at radius 3 is 1.54 bits per heavy atom. The predicted molar refractivity (Wildman–Crippen MR) is 172 cm³/mol. The molecule has 0 bridgehead atoms. The van der Waals surface area contributed by atoms with Gasteiger partial charge in [-0.2, -0.15) is 10.5 Å². The summed E-state index contributed by atoms with van der Waals surface area (Å²) in [5, 5.41) is 26.8. The minimum atomic E-state index is -0.211. The molecule has 0 spiro atoms. The lowest BCUT2D eigenvalue weighted by atomic mass is 9.69. The number of carbonyl (C=O) groups is 2. The van der Waals surface area contributed by atoms with Crippen LogP contribution in [0.2, 0.25) is 0 Å². The highest BCUT2D eigenvalue weighted by Crippen LogP contribution is 2.46. The van der Waals surface area contributed by atoms with Crippen LogP contribution < -0.4 is 10.6 Å². The fourth-order valence-corrected chi connectivity index (χ4v) is 9.26. The summed E-state index contributed by atoms with van der Waals surface area (Å²) in [4.78, 5) is 28.0. The molecule has 0 saturated heterocycles. The van der Waals surface area contributed by atoms with E-state index in [1.54, 1.807) is 0 Å². The van der Waals surface area contributed by atoms with E-state index in [2.05, 4.69) is 64.3 Å². The first-order valence-corrected chi connectivity index (χ1v) is 17.5. The monoisotopic (exact) mass is 610 g/mol. The summed E-state index contributed by atoms with van der Waals surface area (Å²) in [6, 6.07) is 4.65. The number of thiophene rings is 2. The number of nitrogens with one attached hydrogen (secondary N) is 2. The molecule has 220 valence electrons. The lowest BCUT2D eigenvalue weighted by Crippen LogP contribution is -2.28. The van der Waals surface area contributed by atoms with Crippen LogP contribution in [0.5, 0.6) is 0 Å². The number of anilines is 2. The molecule has 9 heteroatoms. The van der Waals surface area contributed by atoms with E-state index in [1.807, 2.05) is 0 Å². The minimum absolute atomic E-state index is 0.117. The van der Waals surface area contributed by atoms with Gasteiger partial charge in [-0.15, -0.1) is 34.4 Å². The van der Waals surface area contributed by atoms with Gasteiger partial charge in [0.15, 0.2) is 0 Å². The molecular weight excluding hydrogens is 569 g/mol. The lowest BCUT2D eigenvalue weighted by molar-refractivity contribution is -0.114. The third-order valence-corrected chi connectivity index (χ3v) is 13.0. The predicted octanol–water partition coefficient (Wildman–Crippen LogP) is 7.95. The first kappa shape index (κ1) is 31.6. The molecule has 2 aliphatic rings. The minimum Gasteiger partial charge on any atom is -0.316 e. The largest absolute Gasteiger partial charge is 0.316 e. The maximum Gasteiger partial charge on any atom is 0.235 e. The van der Waals surface area contributed by atoms with Gasteiger partial charge in [0, 0.05) is 9.75 Å². The van der Waals surface area contributed by atoms with Crippen molar-refractivity contribution in [2.75, 3.05) is 22.1 Å². The topological polar surface area (TPSA) is 106 Å². The van der Waals surface area contributed by atoms with E-state index >= 15 is 0 Å². The van der Waals surface area contributed by atoms with Gasteiger partial charge in [-0.25, -0.2) is 0 Å². The Balaban J connectivity index is 1.32. The Bertz CT molecular complexity index is 1280. The summed E-state index contributed by atoms with van der Waals surface area (Å²) in [7, 11) is 0. The Morgan fingerprint density at radius 2 is 1.20 bits per heavy atom. The summed E-state index contributed by atoms with van der Waals surface area (Å²) in [5.74, 6) is 0.957. The molecule has 4 rings (SSSR count). The molecule has 2 aromatic heterocycles. The van der Waals surface area contributed by atoms with E-state index in [1.165, 1.54) is 44.2 Å². The van der Waals surface area contributed by atoms with E-state index in [9.17, 15) is 20.1 Å². The number of amides is 2. The van der Waals surface area contributed by atoms with Gasteiger partial charge < -0.3 is 10.6 Å². The number of hydrogen-bond acceptors (Lipinski definition) is 7. The maximum atomic E-state index is 12.8. The first-order valence-electron chi connectivity index (χ1n) is 14.7. The third kappa shape index (κ3) is 6.85. The SMILES string of the molecule is CCC(C)(C)[C@@H]1CCc2c(sc(NC(=O)CSCC(=O)Nc3sc4c(c3C#N)CC[C@@H](C(C)(C)CC)C4)c2C#N)C1. The van der Waals surface area contributed by atoms with Crippen molar-refractivity contribution in [3.05, 3.63) is 32.0 Å². The van der Waals surface area contributed by atoms with Crippen LogP contribution in [0.1, 0.15) is 99.2 Å². The number of fused-ring (bicyclic) bond motifs is 2. The molecule has 0 aromatic carbocycles. The van der Waals surface area contributed by atoms with Crippen molar-refractivity contribution in [1.82, 2.24) is 0 Å². The van der Waals surface area contributed by atoms with Gasteiger partial charge in [-0.1, -0.05) is 54.4 Å². The van der Waals surface area contributed by atoms with Gasteiger partial charge in [0.1, 0.15) is 22.1 Å². The molecule has 2 aliphatic carbocycles. The molecule has 0 aliphatic heterocycles. The summed E-state index contributed by atoms with van der Waals surface area (Å²) in [6.45, 7) is 13.7. The van der Waals surface area contributed by atoms with Crippen LogP contribution in [0.15, 0.2) is 0 Å². The van der Waals surface area contributed by atoms with Crippen LogP contribution in [-0.2, 0) is 35.3 Å². The molecule has 2 heterocycles. The molecule has 2 aromatic rings. The Morgan fingerprint density at radius 1 is 0.805 bits per heavy atom. The van der Waals surface area contributed by atoms with Crippen LogP contribution >= 0.6 is 34.4 Å².